The second kappa shape index (κ2) is 7.92. The molecule has 1 aromatic carbocycles. The minimum atomic E-state index is 0.126. The molecule has 0 unspecified atom stereocenters. The molecule has 0 aromatic heterocycles. The van der Waals surface area contributed by atoms with Gasteiger partial charge in [-0.05, 0) is 52.5 Å². The highest BCUT2D eigenvalue weighted by Crippen LogP contribution is 2.16. The smallest absolute Gasteiger partial charge is 0.241 e. The summed E-state index contributed by atoms with van der Waals surface area (Å²) in [5, 5.41) is 0. The van der Waals surface area contributed by atoms with Crippen LogP contribution in [0.2, 0.25) is 0 Å². The van der Waals surface area contributed by atoms with Crippen molar-refractivity contribution in [3.8, 4) is 0 Å². The SMILES string of the molecule is CC(C)N(C(=O)CN(C)CCCN)c1ccccc1. The Bertz CT molecular complexity index is 378. The van der Waals surface area contributed by atoms with Crippen molar-refractivity contribution >= 4 is 11.6 Å². The number of carbonyl (C=O) groups excluding carboxylic acids is 1. The predicted molar refractivity (Wildman–Crippen MR) is 80.2 cm³/mol. The molecule has 1 aromatic rings. The van der Waals surface area contributed by atoms with Crippen molar-refractivity contribution in [3.05, 3.63) is 30.3 Å². The lowest BCUT2D eigenvalue weighted by Crippen LogP contribution is -2.43. The lowest BCUT2D eigenvalue weighted by molar-refractivity contribution is -0.119. The molecule has 0 atom stereocenters. The third kappa shape index (κ3) is 5.01. The van der Waals surface area contributed by atoms with Gasteiger partial charge in [-0.25, -0.2) is 0 Å². The molecule has 4 heteroatoms. The lowest BCUT2D eigenvalue weighted by atomic mass is 10.2. The van der Waals surface area contributed by atoms with Crippen molar-refractivity contribution in [2.24, 2.45) is 5.73 Å². The molecule has 106 valence electrons. The van der Waals surface area contributed by atoms with Crippen molar-refractivity contribution in [3.63, 3.8) is 0 Å². The number of amides is 1. The van der Waals surface area contributed by atoms with E-state index in [1.54, 1.807) is 0 Å². The van der Waals surface area contributed by atoms with E-state index in [1.807, 2.05) is 61.0 Å². The average Bonchev–Trinajstić information content (AvgIpc) is 2.37. The number of nitrogens with two attached hydrogens (primary N) is 1. The summed E-state index contributed by atoms with van der Waals surface area (Å²) in [5.41, 5.74) is 6.44. The largest absolute Gasteiger partial charge is 0.330 e. The van der Waals surface area contributed by atoms with Gasteiger partial charge in [0, 0.05) is 11.7 Å². The zero-order valence-electron chi connectivity index (χ0n) is 12.2. The summed E-state index contributed by atoms with van der Waals surface area (Å²) in [6.45, 7) is 6.00. The molecular weight excluding hydrogens is 238 g/mol. The minimum Gasteiger partial charge on any atom is -0.330 e. The van der Waals surface area contributed by atoms with Crippen molar-refractivity contribution in [2.45, 2.75) is 26.3 Å². The third-order valence-corrected chi connectivity index (χ3v) is 2.97. The van der Waals surface area contributed by atoms with Gasteiger partial charge in [-0.2, -0.15) is 0 Å². The van der Waals surface area contributed by atoms with E-state index in [0.717, 1.165) is 18.7 Å². The van der Waals surface area contributed by atoms with E-state index in [1.165, 1.54) is 0 Å². The number of carbonyl (C=O) groups is 1. The topological polar surface area (TPSA) is 49.6 Å². The first-order chi connectivity index (χ1) is 9.06. The first kappa shape index (κ1) is 15.7. The molecular formula is C15H25N3O. The molecule has 1 rings (SSSR count). The molecule has 0 spiro atoms. The number of anilines is 1. The number of likely N-dealkylation sites (N-methyl/N-ethyl adjacent to an activating group) is 1. The van der Waals surface area contributed by atoms with Gasteiger partial charge in [0.05, 0.1) is 6.54 Å². The number of benzene rings is 1. The van der Waals surface area contributed by atoms with Gasteiger partial charge in [0.2, 0.25) is 5.91 Å². The zero-order chi connectivity index (χ0) is 14.3. The molecule has 0 aliphatic heterocycles. The molecule has 0 heterocycles. The molecule has 0 aliphatic rings. The maximum absolute atomic E-state index is 12.4. The van der Waals surface area contributed by atoms with Crippen LogP contribution in [0.15, 0.2) is 30.3 Å². The highest BCUT2D eigenvalue weighted by atomic mass is 16.2. The van der Waals surface area contributed by atoms with Crippen LogP contribution in [0.3, 0.4) is 0 Å². The van der Waals surface area contributed by atoms with Crippen LogP contribution in [0.25, 0.3) is 0 Å². The van der Waals surface area contributed by atoms with E-state index in [9.17, 15) is 4.79 Å². The van der Waals surface area contributed by atoms with E-state index < -0.39 is 0 Å². The summed E-state index contributed by atoms with van der Waals surface area (Å²) in [6.07, 6.45) is 0.913. The number of para-hydroxylation sites is 1. The van der Waals surface area contributed by atoms with Gasteiger partial charge in [0.1, 0.15) is 0 Å². The summed E-state index contributed by atoms with van der Waals surface area (Å²) in [6, 6.07) is 9.96. The molecule has 19 heavy (non-hydrogen) atoms. The maximum Gasteiger partial charge on any atom is 0.241 e. The van der Waals surface area contributed by atoms with Crippen LogP contribution in [-0.2, 0) is 4.79 Å². The van der Waals surface area contributed by atoms with Crippen molar-refractivity contribution < 1.29 is 4.79 Å². The second-order valence-corrected chi connectivity index (χ2v) is 5.07. The maximum atomic E-state index is 12.4. The Hall–Kier alpha value is -1.39. The van der Waals surface area contributed by atoms with Crippen LogP contribution >= 0.6 is 0 Å². The monoisotopic (exact) mass is 263 g/mol. The third-order valence-electron chi connectivity index (χ3n) is 2.97. The molecule has 0 fully saturated rings. The summed E-state index contributed by atoms with van der Waals surface area (Å²) >= 11 is 0. The van der Waals surface area contributed by atoms with Crippen LogP contribution in [0.5, 0.6) is 0 Å². The lowest BCUT2D eigenvalue weighted by Gasteiger charge is -2.29. The fraction of sp³-hybridized carbons (Fsp3) is 0.533. The Morgan fingerprint density at radius 2 is 1.89 bits per heavy atom. The first-order valence-corrected chi connectivity index (χ1v) is 6.82. The van der Waals surface area contributed by atoms with Gasteiger partial charge in [-0.3, -0.25) is 9.69 Å². The number of hydrogen-bond acceptors (Lipinski definition) is 3. The average molecular weight is 263 g/mol. The normalized spacial score (nSPS) is 11.1. The molecule has 1 amide bonds. The van der Waals surface area contributed by atoms with E-state index in [0.29, 0.717) is 13.1 Å². The number of hydrogen-bond donors (Lipinski definition) is 1. The Balaban J connectivity index is 2.69. The van der Waals surface area contributed by atoms with E-state index in [2.05, 4.69) is 0 Å². The second-order valence-electron chi connectivity index (χ2n) is 5.07. The molecule has 0 saturated heterocycles. The summed E-state index contributed by atoms with van der Waals surface area (Å²) in [4.78, 5) is 16.3. The fourth-order valence-corrected chi connectivity index (χ4v) is 2.07. The van der Waals surface area contributed by atoms with Gasteiger partial charge in [-0.1, -0.05) is 18.2 Å². The Morgan fingerprint density at radius 1 is 1.26 bits per heavy atom. The molecule has 0 radical (unpaired) electrons. The standard InChI is InChI=1S/C15H25N3O/c1-13(2)18(14-8-5-4-6-9-14)15(19)12-17(3)11-7-10-16/h4-6,8-9,13H,7,10-12,16H2,1-3H3. The van der Waals surface area contributed by atoms with Gasteiger partial charge in [-0.15, -0.1) is 0 Å². The molecule has 4 nitrogen and oxygen atoms in total. The first-order valence-electron chi connectivity index (χ1n) is 6.82. The highest BCUT2D eigenvalue weighted by molar-refractivity contribution is 5.95. The van der Waals surface area contributed by atoms with Gasteiger partial charge < -0.3 is 10.6 Å². The molecule has 2 N–H and O–H groups in total. The van der Waals surface area contributed by atoms with Gasteiger partial charge in [0.25, 0.3) is 0 Å². The van der Waals surface area contributed by atoms with Crippen LogP contribution < -0.4 is 10.6 Å². The molecule has 0 bridgehead atoms. The Labute approximate surface area is 116 Å². The molecule has 0 saturated carbocycles. The van der Waals surface area contributed by atoms with Crippen LogP contribution in [0, 0.1) is 0 Å². The summed E-state index contributed by atoms with van der Waals surface area (Å²) in [5.74, 6) is 0.126. The summed E-state index contributed by atoms with van der Waals surface area (Å²) < 4.78 is 0. The van der Waals surface area contributed by atoms with Crippen LogP contribution in [0.4, 0.5) is 5.69 Å². The Kier molecular flexibility index (Phi) is 6.53. The predicted octanol–water partition coefficient (Wildman–Crippen LogP) is 1.71. The number of rotatable bonds is 7. The van der Waals surface area contributed by atoms with Crippen LogP contribution in [-0.4, -0.2) is 43.5 Å². The van der Waals surface area contributed by atoms with E-state index >= 15 is 0 Å². The highest BCUT2D eigenvalue weighted by Gasteiger charge is 2.19. The summed E-state index contributed by atoms with van der Waals surface area (Å²) in [7, 11) is 1.96. The van der Waals surface area contributed by atoms with Crippen molar-refractivity contribution in [1.29, 1.82) is 0 Å². The van der Waals surface area contributed by atoms with Crippen molar-refractivity contribution in [1.82, 2.24) is 4.90 Å². The zero-order valence-corrected chi connectivity index (χ0v) is 12.2. The van der Waals surface area contributed by atoms with Crippen LogP contribution in [0.1, 0.15) is 20.3 Å². The fourth-order valence-electron chi connectivity index (χ4n) is 2.07. The minimum absolute atomic E-state index is 0.126. The number of nitrogens with zero attached hydrogens (tertiary/aromatic N) is 2. The molecule has 0 aliphatic carbocycles. The van der Waals surface area contributed by atoms with Gasteiger partial charge in [0.15, 0.2) is 0 Å². The van der Waals surface area contributed by atoms with Crippen molar-refractivity contribution in [2.75, 3.05) is 31.6 Å². The van der Waals surface area contributed by atoms with E-state index in [-0.39, 0.29) is 11.9 Å². The quantitative estimate of drug-likeness (QED) is 0.814. The Morgan fingerprint density at radius 3 is 2.42 bits per heavy atom. The van der Waals surface area contributed by atoms with Gasteiger partial charge >= 0.3 is 0 Å². The van der Waals surface area contributed by atoms with E-state index in [4.69, 9.17) is 5.73 Å².